The Bertz CT molecular complexity index is 147. The van der Waals surface area contributed by atoms with Gasteiger partial charge in [-0.2, -0.15) is 0 Å². The summed E-state index contributed by atoms with van der Waals surface area (Å²) in [5.74, 6) is -0.0491. The van der Waals surface area contributed by atoms with Gasteiger partial charge in [0, 0.05) is 11.3 Å². The molecule has 4 nitrogen and oxygen atoms in total. The van der Waals surface area contributed by atoms with E-state index in [1.54, 1.807) is 13.8 Å². The molecule has 72 valence electrons. The topological polar surface area (TPSA) is 63.4 Å². The molecule has 0 unspecified atom stereocenters. The molecule has 0 aliphatic heterocycles. The van der Waals surface area contributed by atoms with E-state index in [1.807, 2.05) is 6.92 Å². The predicted octanol–water partition coefficient (Wildman–Crippen LogP) is 1.45. The summed E-state index contributed by atoms with van der Waals surface area (Å²) < 4.78 is 0. The molecule has 0 amide bonds. The van der Waals surface area contributed by atoms with Crippen LogP contribution in [0.3, 0.4) is 0 Å². The fourth-order valence-electron chi connectivity index (χ4n) is 1.14. The molecule has 0 heterocycles. The lowest BCUT2D eigenvalue weighted by molar-refractivity contribution is -0.537. The van der Waals surface area contributed by atoms with Crippen molar-refractivity contribution in [1.82, 2.24) is 0 Å². The Morgan fingerprint density at radius 3 is 2.25 bits per heavy atom. The summed E-state index contributed by atoms with van der Waals surface area (Å²) in [6, 6.07) is -0.796. The minimum Gasteiger partial charge on any atom is -0.386 e. The zero-order valence-electron chi connectivity index (χ0n) is 7.86. The fourth-order valence-corrected chi connectivity index (χ4v) is 1.14. The van der Waals surface area contributed by atoms with Crippen molar-refractivity contribution < 1.29 is 10.0 Å². The standard InChI is InChI=1S/C8H17NO3/c1-4-5-7(9(11)12)8(10)6(2)3/h6-8,10H,4-5H2,1-3H3/t7-,8-/m0/s1. The van der Waals surface area contributed by atoms with Crippen molar-refractivity contribution in [2.45, 2.75) is 45.8 Å². The van der Waals surface area contributed by atoms with Gasteiger partial charge < -0.3 is 5.11 Å². The van der Waals surface area contributed by atoms with Crippen LogP contribution in [0.5, 0.6) is 0 Å². The highest BCUT2D eigenvalue weighted by atomic mass is 16.6. The van der Waals surface area contributed by atoms with E-state index in [1.165, 1.54) is 0 Å². The second-order valence-corrected chi connectivity index (χ2v) is 3.38. The van der Waals surface area contributed by atoms with Crippen LogP contribution in [0, 0.1) is 16.0 Å². The molecule has 0 bridgehead atoms. The van der Waals surface area contributed by atoms with Crippen LogP contribution in [0.25, 0.3) is 0 Å². The third-order valence-corrected chi connectivity index (χ3v) is 1.93. The number of aliphatic hydroxyl groups excluding tert-OH is 1. The molecule has 0 saturated carbocycles. The van der Waals surface area contributed by atoms with E-state index in [0.29, 0.717) is 6.42 Å². The Balaban J connectivity index is 4.18. The molecule has 2 atom stereocenters. The average molecular weight is 175 g/mol. The van der Waals surface area contributed by atoms with Crippen LogP contribution in [0.2, 0.25) is 0 Å². The van der Waals surface area contributed by atoms with E-state index < -0.39 is 12.1 Å². The van der Waals surface area contributed by atoms with Gasteiger partial charge in [-0.25, -0.2) is 0 Å². The number of rotatable bonds is 5. The number of nitro groups is 1. The molecular formula is C8H17NO3. The van der Waals surface area contributed by atoms with Gasteiger partial charge in [0.1, 0.15) is 6.10 Å². The highest BCUT2D eigenvalue weighted by molar-refractivity contribution is 4.70. The van der Waals surface area contributed by atoms with Crippen molar-refractivity contribution in [1.29, 1.82) is 0 Å². The second kappa shape index (κ2) is 5.09. The van der Waals surface area contributed by atoms with Crippen LogP contribution < -0.4 is 0 Å². The maximum absolute atomic E-state index is 10.5. The van der Waals surface area contributed by atoms with Crippen molar-refractivity contribution in [3.8, 4) is 0 Å². The monoisotopic (exact) mass is 175 g/mol. The van der Waals surface area contributed by atoms with Crippen molar-refractivity contribution in [2.24, 2.45) is 5.92 Å². The normalized spacial score (nSPS) is 16.1. The predicted molar refractivity (Wildman–Crippen MR) is 46.5 cm³/mol. The summed E-state index contributed by atoms with van der Waals surface area (Å²) >= 11 is 0. The Kier molecular flexibility index (Phi) is 4.81. The highest BCUT2D eigenvalue weighted by Crippen LogP contribution is 2.13. The third-order valence-electron chi connectivity index (χ3n) is 1.93. The van der Waals surface area contributed by atoms with Crippen molar-refractivity contribution in [3.05, 3.63) is 10.1 Å². The largest absolute Gasteiger partial charge is 0.386 e. The van der Waals surface area contributed by atoms with Gasteiger partial charge in [-0.15, -0.1) is 0 Å². The number of hydrogen-bond donors (Lipinski definition) is 1. The molecule has 0 saturated heterocycles. The lowest BCUT2D eigenvalue weighted by Crippen LogP contribution is -2.37. The molecular weight excluding hydrogens is 158 g/mol. The van der Waals surface area contributed by atoms with Crippen molar-refractivity contribution >= 4 is 0 Å². The van der Waals surface area contributed by atoms with E-state index in [9.17, 15) is 15.2 Å². The van der Waals surface area contributed by atoms with Crippen LogP contribution in [0.1, 0.15) is 33.6 Å². The number of aliphatic hydroxyl groups is 1. The summed E-state index contributed by atoms with van der Waals surface area (Å²) in [4.78, 5) is 10.1. The Hall–Kier alpha value is -0.640. The highest BCUT2D eigenvalue weighted by Gasteiger charge is 2.30. The van der Waals surface area contributed by atoms with Gasteiger partial charge in [0.2, 0.25) is 6.04 Å². The van der Waals surface area contributed by atoms with Crippen LogP contribution in [0.15, 0.2) is 0 Å². The minimum atomic E-state index is -0.819. The molecule has 0 aromatic heterocycles. The Labute approximate surface area is 72.7 Å². The zero-order chi connectivity index (χ0) is 9.72. The maximum Gasteiger partial charge on any atom is 0.238 e. The molecule has 0 aliphatic carbocycles. The molecule has 4 heteroatoms. The van der Waals surface area contributed by atoms with Gasteiger partial charge in [0.15, 0.2) is 0 Å². The van der Waals surface area contributed by atoms with E-state index >= 15 is 0 Å². The minimum absolute atomic E-state index is 0.0491. The van der Waals surface area contributed by atoms with Crippen LogP contribution in [0.4, 0.5) is 0 Å². The average Bonchev–Trinajstić information content (AvgIpc) is 1.98. The van der Waals surface area contributed by atoms with Gasteiger partial charge in [-0.05, 0) is 12.3 Å². The molecule has 0 aromatic carbocycles. The molecule has 0 fully saturated rings. The maximum atomic E-state index is 10.5. The van der Waals surface area contributed by atoms with E-state index in [-0.39, 0.29) is 10.8 Å². The number of nitrogens with zero attached hydrogens (tertiary/aromatic N) is 1. The smallest absolute Gasteiger partial charge is 0.238 e. The fraction of sp³-hybridized carbons (Fsp3) is 1.00. The van der Waals surface area contributed by atoms with E-state index in [4.69, 9.17) is 0 Å². The first kappa shape index (κ1) is 11.4. The lowest BCUT2D eigenvalue weighted by atomic mass is 9.97. The second-order valence-electron chi connectivity index (χ2n) is 3.38. The molecule has 0 rings (SSSR count). The van der Waals surface area contributed by atoms with Crippen molar-refractivity contribution in [3.63, 3.8) is 0 Å². The third kappa shape index (κ3) is 3.17. The quantitative estimate of drug-likeness (QED) is 0.508. The first-order valence-electron chi connectivity index (χ1n) is 4.32. The summed E-state index contributed by atoms with van der Waals surface area (Å²) in [6.07, 6.45) is 0.363. The van der Waals surface area contributed by atoms with Crippen LogP contribution in [-0.4, -0.2) is 22.2 Å². The first-order chi connectivity index (χ1) is 5.50. The van der Waals surface area contributed by atoms with Gasteiger partial charge in [0.25, 0.3) is 0 Å². The van der Waals surface area contributed by atoms with Crippen LogP contribution >= 0.6 is 0 Å². The van der Waals surface area contributed by atoms with Gasteiger partial charge in [0.05, 0.1) is 0 Å². The van der Waals surface area contributed by atoms with Gasteiger partial charge in [-0.1, -0.05) is 20.8 Å². The summed E-state index contributed by atoms with van der Waals surface area (Å²) in [5, 5.41) is 19.9. The van der Waals surface area contributed by atoms with Crippen LogP contribution in [-0.2, 0) is 0 Å². The molecule has 0 aromatic rings. The molecule has 0 spiro atoms. The Morgan fingerprint density at radius 1 is 1.50 bits per heavy atom. The number of hydrogen-bond acceptors (Lipinski definition) is 3. The SMILES string of the molecule is CCC[C@@H]([C@@H](O)C(C)C)[N+](=O)[O-]. The van der Waals surface area contributed by atoms with E-state index in [0.717, 1.165) is 6.42 Å². The molecule has 12 heavy (non-hydrogen) atoms. The molecule has 1 N–H and O–H groups in total. The van der Waals surface area contributed by atoms with E-state index in [2.05, 4.69) is 0 Å². The first-order valence-corrected chi connectivity index (χ1v) is 4.32. The Morgan fingerprint density at radius 2 is 2.00 bits per heavy atom. The zero-order valence-corrected chi connectivity index (χ0v) is 7.86. The molecule has 0 radical (unpaired) electrons. The lowest BCUT2D eigenvalue weighted by Gasteiger charge is -2.18. The van der Waals surface area contributed by atoms with Crippen molar-refractivity contribution in [2.75, 3.05) is 0 Å². The summed E-state index contributed by atoms with van der Waals surface area (Å²) in [7, 11) is 0. The van der Waals surface area contributed by atoms with Gasteiger partial charge in [-0.3, -0.25) is 10.1 Å². The van der Waals surface area contributed by atoms with Gasteiger partial charge >= 0.3 is 0 Å². The molecule has 0 aliphatic rings. The summed E-state index contributed by atoms with van der Waals surface area (Å²) in [6.45, 7) is 5.46. The summed E-state index contributed by atoms with van der Waals surface area (Å²) in [5.41, 5.74) is 0.